The first-order chi connectivity index (χ1) is 14.7. The molecule has 0 bridgehead atoms. The molecule has 0 atom stereocenters. The topological polar surface area (TPSA) is 55.3 Å². The molecule has 6 nitrogen and oxygen atoms in total. The van der Waals surface area contributed by atoms with Crippen LogP contribution in [-0.2, 0) is 6.42 Å². The van der Waals surface area contributed by atoms with Crippen LogP contribution in [0.25, 0.3) is 0 Å². The van der Waals surface area contributed by atoms with Gasteiger partial charge in [0.2, 0.25) is 0 Å². The number of halogens is 1. The van der Waals surface area contributed by atoms with E-state index in [2.05, 4.69) is 17.1 Å². The summed E-state index contributed by atoms with van der Waals surface area (Å²) in [6.45, 7) is 5.51. The normalized spacial score (nSPS) is 14.5. The molecule has 0 spiro atoms. The monoisotopic (exact) mass is 539 g/mol. The van der Waals surface area contributed by atoms with Crippen LogP contribution >= 0.6 is 24.0 Å². The number of rotatable bonds is 8. The van der Waals surface area contributed by atoms with Gasteiger partial charge in [-0.05, 0) is 49.2 Å². The van der Waals surface area contributed by atoms with Crippen molar-refractivity contribution in [2.45, 2.75) is 32.3 Å². The lowest BCUT2D eigenvalue weighted by Crippen LogP contribution is -2.47. The van der Waals surface area contributed by atoms with E-state index in [-0.39, 0.29) is 30.1 Å². The zero-order valence-electron chi connectivity index (χ0n) is 18.7. The number of methoxy groups -OCH3 is 2. The third-order valence-electron chi connectivity index (χ3n) is 5.25. The summed E-state index contributed by atoms with van der Waals surface area (Å²) < 4.78 is 16.9. The van der Waals surface area contributed by atoms with Gasteiger partial charge in [-0.25, -0.2) is 0 Å². The summed E-state index contributed by atoms with van der Waals surface area (Å²) in [4.78, 5) is 7.20. The number of nitrogens with zero attached hydrogens (tertiary/aromatic N) is 2. The number of hydrogen-bond acceptors (Lipinski definition) is 4. The predicted molar refractivity (Wildman–Crippen MR) is 136 cm³/mol. The Bertz CT molecular complexity index is 809. The fourth-order valence-electron chi connectivity index (χ4n) is 3.66. The number of hydrogen-bond donors (Lipinski definition) is 1. The summed E-state index contributed by atoms with van der Waals surface area (Å²) in [5.41, 5.74) is 1.10. The second-order valence-corrected chi connectivity index (χ2v) is 7.28. The molecule has 31 heavy (non-hydrogen) atoms. The van der Waals surface area contributed by atoms with Crippen LogP contribution in [0.15, 0.2) is 53.5 Å². The van der Waals surface area contributed by atoms with E-state index in [9.17, 15) is 0 Å². The molecule has 0 aromatic heterocycles. The molecule has 2 aromatic carbocycles. The third kappa shape index (κ3) is 7.48. The maximum atomic E-state index is 6.12. The molecule has 1 heterocycles. The smallest absolute Gasteiger partial charge is 0.193 e. The Hall–Kier alpha value is -2.16. The highest BCUT2D eigenvalue weighted by Crippen LogP contribution is 2.24. The van der Waals surface area contributed by atoms with Crippen LogP contribution in [0.3, 0.4) is 0 Å². The molecule has 7 heteroatoms. The molecule has 0 amide bonds. The van der Waals surface area contributed by atoms with Crippen molar-refractivity contribution in [3.63, 3.8) is 0 Å². The molecule has 0 aliphatic carbocycles. The van der Waals surface area contributed by atoms with Crippen LogP contribution in [0, 0.1) is 0 Å². The van der Waals surface area contributed by atoms with Gasteiger partial charge in [0.1, 0.15) is 23.4 Å². The van der Waals surface area contributed by atoms with Crippen molar-refractivity contribution in [2.75, 3.05) is 40.4 Å². The number of para-hydroxylation sites is 1. The van der Waals surface area contributed by atoms with Gasteiger partial charge in [0.05, 0.1) is 14.2 Å². The molecular formula is C24H34IN3O3. The Labute approximate surface area is 203 Å². The lowest BCUT2D eigenvalue weighted by atomic mass is 10.1. The highest BCUT2D eigenvalue weighted by Gasteiger charge is 2.22. The maximum absolute atomic E-state index is 6.12. The van der Waals surface area contributed by atoms with E-state index in [1.54, 1.807) is 14.2 Å². The van der Waals surface area contributed by atoms with Gasteiger partial charge in [-0.1, -0.05) is 18.2 Å². The van der Waals surface area contributed by atoms with Gasteiger partial charge in [-0.2, -0.15) is 0 Å². The average molecular weight is 539 g/mol. The van der Waals surface area contributed by atoms with Crippen molar-refractivity contribution in [1.82, 2.24) is 10.2 Å². The average Bonchev–Trinajstić information content (AvgIpc) is 2.79. The van der Waals surface area contributed by atoms with Crippen molar-refractivity contribution in [2.24, 2.45) is 4.99 Å². The largest absolute Gasteiger partial charge is 0.497 e. The van der Waals surface area contributed by atoms with Gasteiger partial charge in [0, 0.05) is 39.0 Å². The summed E-state index contributed by atoms with van der Waals surface area (Å²) >= 11 is 0. The van der Waals surface area contributed by atoms with Crippen LogP contribution in [0.1, 0.15) is 25.3 Å². The Balaban J connectivity index is 0.00000341. The molecule has 0 saturated carbocycles. The first-order valence-electron chi connectivity index (χ1n) is 10.7. The molecule has 1 aliphatic heterocycles. The van der Waals surface area contributed by atoms with Crippen molar-refractivity contribution in [3.05, 3.63) is 54.1 Å². The summed E-state index contributed by atoms with van der Waals surface area (Å²) in [6, 6.07) is 16.0. The summed E-state index contributed by atoms with van der Waals surface area (Å²) in [7, 11) is 3.37. The molecule has 170 valence electrons. The fraction of sp³-hybridized carbons (Fsp3) is 0.458. The number of benzene rings is 2. The van der Waals surface area contributed by atoms with Crippen LogP contribution in [0.4, 0.5) is 0 Å². The Morgan fingerprint density at radius 3 is 2.42 bits per heavy atom. The molecule has 2 aromatic rings. The maximum Gasteiger partial charge on any atom is 0.193 e. The van der Waals surface area contributed by atoms with Crippen molar-refractivity contribution < 1.29 is 14.2 Å². The number of ether oxygens (including phenoxy) is 3. The van der Waals surface area contributed by atoms with Gasteiger partial charge in [0.15, 0.2) is 5.96 Å². The van der Waals surface area contributed by atoms with Gasteiger partial charge >= 0.3 is 0 Å². The number of guanidine groups is 1. The number of likely N-dealkylation sites (tertiary alicyclic amines) is 1. The molecule has 1 saturated heterocycles. The van der Waals surface area contributed by atoms with Gasteiger partial charge in [-0.15, -0.1) is 24.0 Å². The quantitative estimate of drug-likeness (QED) is 0.307. The summed E-state index contributed by atoms with van der Waals surface area (Å²) in [5.74, 6) is 3.62. The van der Waals surface area contributed by atoms with Crippen molar-refractivity contribution in [1.29, 1.82) is 0 Å². The molecule has 0 unspecified atom stereocenters. The van der Waals surface area contributed by atoms with Crippen molar-refractivity contribution >= 4 is 29.9 Å². The number of aliphatic imine (C=N–C) groups is 1. The Kier molecular flexibility index (Phi) is 10.8. The van der Waals surface area contributed by atoms with E-state index in [4.69, 9.17) is 19.2 Å². The molecule has 0 radical (unpaired) electrons. The first kappa shape index (κ1) is 25.1. The molecular weight excluding hydrogens is 505 g/mol. The van der Waals surface area contributed by atoms with Gasteiger partial charge < -0.3 is 24.4 Å². The van der Waals surface area contributed by atoms with Crippen LogP contribution in [0.5, 0.6) is 17.2 Å². The minimum atomic E-state index is 0. The van der Waals surface area contributed by atoms with Gasteiger partial charge in [-0.3, -0.25) is 4.99 Å². The lowest BCUT2D eigenvalue weighted by molar-refractivity contribution is 0.129. The highest BCUT2D eigenvalue weighted by atomic mass is 127. The van der Waals surface area contributed by atoms with E-state index < -0.39 is 0 Å². The molecule has 1 fully saturated rings. The van der Waals surface area contributed by atoms with Gasteiger partial charge in [0.25, 0.3) is 0 Å². The minimum Gasteiger partial charge on any atom is -0.497 e. The minimum absolute atomic E-state index is 0. The van der Waals surface area contributed by atoms with Crippen LogP contribution in [-0.4, -0.2) is 57.4 Å². The lowest BCUT2D eigenvalue weighted by Gasteiger charge is -2.34. The third-order valence-corrected chi connectivity index (χ3v) is 5.25. The summed E-state index contributed by atoms with van der Waals surface area (Å²) in [6.07, 6.45) is 3.03. The van der Waals surface area contributed by atoms with E-state index >= 15 is 0 Å². The van der Waals surface area contributed by atoms with E-state index in [0.29, 0.717) is 6.54 Å². The second kappa shape index (κ2) is 13.3. The number of piperidine rings is 1. The standard InChI is InChI=1S/C24H33N3O3.HI/c1-4-25-24(26-15-12-19-18-22(28-2)10-11-23(19)29-3)27-16-13-21(14-17-27)30-20-8-6-5-7-9-20;/h5-11,18,21H,4,12-17H2,1-3H3,(H,25,26);1H. The highest BCUT2D eigenvalue weighted by molar-refractivity contribution is 14.0. The van der Waals surface area contributed by atoms with Crippen molar-refractivity contribution in [3.8, 4) is 17.2 Å². The second-order valence-electron chi connectivity index (χ2n) is 7.28. The summed E-state index contributed by atoms with van der Waals surface area (Å²) in [5, 5.41) is 3.43. The molecule has 1 aliphatic rings. The SMILES string of the molecule is CCNC(=NCCc1cc(OC)ccc1OC)N1CCC(Oc2ccccc2)CC1.I. The molecule has 1 N–H and O–H groups in total. The molecule has 3 rings (SSSR count). The van der Waals surface area contributed by atoms with E-state index in [1.165, 1.54) is 0 Å². The van der Waals surface area contributed by atoms with E-state index in [1.807, 2.05) is 48.5 Å². The predicted octanol–water partition coefficient (Wildman–Crippen LogP) is 4.37. The fourth-order valence-corrected chi connectivity index (χ4v) is 3.66. The Morgan fingerprint density at radius 2 is 1.77 bits per heavy atom. The number of nitrogens with one attached hydrogen (secondary N) is 1. The zero-order chi connectivity index (χ0) is 21.2. The zero-order valence-corrected chi connectivity index (χ0v) is 21.0. The van der Waals surface area contributed by atoms with Crippen LogP contribution in [0.2, 0.25) is 0 Å². The first-order valence-corrected chi connectivity index (χ1v) is 10.7. The van der Waals surface area contributed by atoms with E-state index in [0.717, 1.165) is 67.7 Å². The van der Waals surface area contributed by atoms with Crippen LogP contribution < -0.4 is 19.5 Å². The Morgan fingerprint density at radius 1 is 1.03 bits per heavy atom.